The van der Waals surface area contributed by atoms with E-state index in [9.17, 15) is 29.7 Å². The molecule has 0 rings (SSSR count). The summed E-state index contributed by atoms with van der Waals surface area (Å²) < 4.78 is 0. The van der Waals surface area contributed by atoms with Crippen LogP contribution < -0.4 is 15.3 Å². The number of ketones is 3. The SMILES string of the molecule is CC(=O)/C=C(/C)[O-].CC(=O)/C=C(/C)[O-].CC(=O)/C=C(/C)[O-].O.[Sc+3]. The maximum Gasteiger partial charge on any atom is 3.00 e. The van der Waals surface area contributed by atoms with E-state index in [1.165, 1.54) is 41.5 Å². The van der Waals surface area contributed by atoms with Gasteiger partial charge in [0, 0.05) is 0 Å². The maximum atomic E-state index is 9.98. The standard InChI is InChI=1S/3C5H8O2.H2O.Sc/c3*1-4(6)3-5(2)7;;/h3*3,6H,1-2H3;1H2;/q;;;;+3/p-3/b3*4-3-;;. The number of rotatable bonds is 3. The Morgan fingerprint density at radius 3 is 0.696 bits per heavy atom. The molecular weight excluding hydrogens is 337 g/mol. The molecular formula is C15H23O7Sc. The average Bonchev–Trinajstić information content (AvgIpc) is 2.10. The minimum absolute atomic E-state index is 0. The molecule has 0 aliphatic carbocycles. The second kappa shape index (κ2) is 20.5. The van der Waals surface area contributed by atoms with Gasteiger partial charge in [-0.05, 0) is 39.0 Å². The normalized spacial score (nSPS) is 10.4. The first-order chi connectivity index (χ1) is 9.38. The molecule has 0 unspecified atom stereocenters. The third kappa shape index (κ3) is 63.7. The number of hydrogen-bond acceptors (Lipinski definition) is 6. The van der Waals surface area contributed by atoms with E-state index in [0.29, 0.717) is 0 Å². The van der Waals surface area contributed by atoms with Gasteiger partial charge in [-0.15, -0.1) is 17.3 Å². The summed E-state index contributed by atoms with van der Waals surface area (Å²) in [7, 11) is 0. The van der Waals surface area contributed by atoms with Crippen LogP contribution in [0.1, 0.15) is 41.5 Å². The summed E-state index contributed by atoms with van der Waals surface area (Å²) in [6, 6.07) is 0. The molecule has 0 aromatic carbocycles. The third-order valence-corrected chi connectivity index (χ3v) is 1.22. The molecule has 0 aromatic rings. The fourth-order valence-corrected chi connectivity index (χ4v) is 0.859. The Morgan fingerprint density at radius 2 is 0.696 bits per heavy atom. The van der Waals surface area contributed by atoms with E-state index in [4.69, 9.17) is 0 Å². The van der Waals surface area contributed by atoms with Crippen LogP contribution in [0.25, 0.3) is 0 Å². The molecule has 23 heavy (non-hydrogen) atoms. The minimum Gasteiger partial charge on any atom is -0.876 e. The molecule has 0 saturated carbocycles. The van der Waals surface area contributed by atoms with Gasteiger partial charge in [0.2, 0.25) is 0 Å². The van der Waals surface area contributed by atoms with Crippen LogP contribution in [-0.2, 0) is 40.2 Å². The van der Waals surface area contributed by atoms with Gasteiger partial charge in [0.15, 0.2) is 17.3 Å². The van der Waals surface area contributed by atoms with Crippen LogP contribution in [0.5, 0.6) is 0 Å². The molecule has 2 N–H and O–H groups in total. The van der Waals surface area contributed by atoms with Crippen molar-refractivity contribution in [2.45, 2.75) is 41.5 Å². The quantitative estimate of drug-likeness (QED) is 0.450. The van der Waals surface area contributed by atoms with Crippen LogP contribution >= 0.6 is 0 Å². The smallest absolute Gasteiger partial charge is 0.876 e. The number of allylic oxidation sites excluding steroid dienone is 6. The van der Waals surface area contributed by atoms with E-state index < -0.39 is 0 Å². The zero-order valence-corrected chi connectivity index (χ0v) is 16.1. The van der Waals surface area contributed by atoms with E-state index in [0.717, 1.165) is 18.2 Å². The molecule has 7 nitrogen and oxygen atoms in total. The van der Waals surface area contributed by atoms with Crippen LogP contribution in [0.15, 0.2) is 35.5 Å². The summed E-state index contributed by atoms with van der Waals surface area (Å²) in [4.78, 5) is 29.9. The molecule has 0 heterocycles. The molecule has 0 spiro atoms. The second-order valence-corrected chi connectivity index (χ2v) is 4.10. The fraction of sp³-hybridized carbons (Fsp3) is 0.400. The Kier molecular flexibility index (Phi) is 29.5. The van der Waals surface area contributed by atoms with Crippen molar-refractivity contribution in [1.29, 1.82) is 0 Å². The summed E-state index contributed by atoms with van der Waals surface area (Å²) in [5.74, 6) is -1.12. The number of carbonyl (C=O) groups excluding carboxylic acids is 3. The first-order valence-corrected chi connectivity index (χ1v) is 5.96. The molecule has 0 fully saturated rings. The van der Waals surface area contributed by atoms with Crippen LogP contribution in [0.3, 0.4) is 0 Å². The zero-order valence-electron chi connectivity index (χ0n) is 14.3. The van der Waals surface area contributed by atoms with Gasteiger partial charge in [0.05, 0.1) is 0 Å². The van der Waals surface area contributed by atoms with Gasteiger partial charge in [-0.25, -0.2) is 0 Å². The molecule has 0 aliphatic heterocycles. The van der Waals surface area contributed by atoms with Crippen LogP contribution in [-0.4, -0.2) is 22.8 Å². The Hall–Kier alpha value is -1.54. The summed E-state index contributed by atoms with van der Waals surface area (Å²) in [6.45, 7) is 8.09. The van der Waals surface area contributed by atoms with Crippen molar-refractivity contribution in [1.82, 2.24) is 0 Å². The van der Waals surface area contributed by atoms with Gasteiger partial charge < -0.3 is 20.8 Å². The number of hydrogen-bond donors (Lipinski definition) is 0. The monoisotopic (exact) mass is 360 g/mol. The summed E-state index contributed by atoms with van der Waals surface area (Å²) in [5.41, 5.74) is 0. The van der Waals surface area contributed by atoms with Gasteiger partial charge >= 0.3 is 25.8 Å². The summed E-state index contributed by atoms with van der Waals surface area (Å²) >= 11 is 0. The van der Waals surface area contributed by atoms with Crippen LogP contribution in [0.4, 0.5) is 0 Å². The third-order valence-electron chi connectivity index (χ3n) is 1.22. The van der Waals surface area contributed by atoms with E-state index >= 15 is 0 Å². The Bertz CT molecular complexity index is 370. The van der Waals surface area contributed by atoms with Crippen molar-refractivity contribution in [3.8, 4) is 0 Å². The zero-order chi connectivity index (χ0) is 17.6. The van der Waals surface area contributed by atoms with Crippen molar-refractivity contribution in [3.05, 3.63) is 35.5 Å². The number of carbonyl (C=O) groups is 3. The van der Waals surface area contributed by atoms with Crippen LogP contribution in [0.2, 0.25) is 0 Å². The van der Waals surface area contributed by atoms with Gasteiger partial charge in [-0.3, -0.25) is 14.4 Å². The van der Waals surface area contributed by atoms with Crippen molar-refractivity contribution in [3.63, 3.8) is 0 Å². The first kappa shape index (κ1) is 33.2. The molecule has 0 aliphatic rings. The van der Waals surface area contributed by atoms with Crippen molar-refractivity contribution < 1.29 is 61.0 Å². The summed E-state index contributed by atoms with van der Waals surface area (Å²) in [6.07, 6.45) is 3.17. The van der Waals surface area contributed by atoms with E-state index in [2.05, 4.69) is 0 Å². The Labute approximate surface area is 155 Å². The molecule has 0 amide bonds. The van der Waals surface area contributed by atoms with E-state index in [1.807, 2.05) is 0 Å². The largest absolute Gasteiger partial charge is 3.00 e. The van der Waals surface area contributed by atoms with Gasteiger partial charge in [0.1, 0.15) is 0 Å². The van der Waals surface area contributed by atoms with E-state index in [1.54, 1.807) is 0 Å². The van der Waals surface area contributed by atoms with Gasteiger partial charge in [0.25, 0.3) is 0 Å². The predicted molar refractivity (Wildman–Crippen MR) is 76.9 cm³/mol. The van der Waals surface area contributed by atoms with Crippen molar-refractivity contribution in [2.24, 2.45) is 0 Å². The summed E-state index contributed by atoms with van der Waals surface area (Å²) in [5, 5.41) is 29.9. The van der Waals surface area contributed by atoms with Crippen molar-refractivity contribution in [2.75, 3.05) is 0 Å². The van der Waals surface area contributed by atoms with Crippen LogP contribution in [0, 0.1) is 0 Å². The molecule has 8 heteroatoms. The Balaban J connectivity index is -0.0000000675. The first-order valence-electron chi connectivity index (χ1n) is 5.96. The molecule has 0 aromatic heterocycles. The molecule has 0 atom stereocenters. The molecule has 0 radical (unpaired) electrons. The molecule has 128 valence electrons. The van der Waals surface area contributed by atoms with Gasteiger partial charge in [-0.1, -0.05) is 20.8 Å². The second-order valence-electron chi connectivity index (χ2n) is 4.10. The van der Waals surface area contributed by atoms with Crippen molar-refractivity contribution >= 4 is 17.3 Å². The topological polar surface area (TPSA) is 152 Å². The molecule has 0 saturated heterocycles. The van der Waals surface area contributed by atoms with Gasteiger partial charge in [-0.2, -0.15) is 0 Å². The Morgan fingerprint density at radius 1 is 0.565 bits per heavy atom. The maximum absolute atomic E-state index is 9.98. The molecule has 0 bridgehead atoms. The minimum atomic E-state index is -0.187. The fourth-order valence-electron chi connectivity index (χ4n) is 0.859. The average molecular weight is 360 g/mol. The van der Waals surface area contributed by atoms with E-state index in [-0.39, 0.29) is 65.9 Å². The predicted octanol–water partition coefficient (Wildman–Crippen LogP) is -1.31.